The SMILES string of the molecule is CN(C)CCCc1cc(NC(=O)/C=C/c2cccc(Oc3ccnc(C4=NCCN4)c3)c2)cc(C(F)(F)F)c1. The summed E-state index contributed by atoms with van der Waals surface area (Å²) in [7, 11) is 3.82. The zero-order chi connectivity index (χ0) is 27.8. The number of amidine groups is 1. The van der Waals surface area contributed by atoms with E-state index >= 15 is 0 Å². The zero-order valence-corrected chi connectivity index (χ0v) is 21.8. The van der Waals surface area contributed by atoms with E-state index in [0.29, 0.717) is 47.7 Å². The minimum absolute atomic E-state index is 0.103. The molecule has 0 bridgehead atoms. The third-order valence-corrected chi connectivity index (χ3v) is 5.83. The molecule has 204 valence electrons. The molecule has 2 aromatic carbocycles. The molecule has 0 saturated heterocycles. The number of halogens is 3. The summed E-state index contributed by atoms with van der Waals surface area (Å²) < 4.78 is 46.3. The Balaban J connectivity index is 1.42. The van der Waals surface area contributed by atoms with Gasteiger partial charge in [0.1, 0.15) is 23.0 Å². The van der Waals surface area contributed by atoms with E-state index in [1.165, 1.54) is 6.08 Å². The van der Waals surface area contributed by atoms with Crippen LogP contribution in [0.25, 0.3) is 6.08 Å². The lowest BCUT2D eigenvalue weighted by Gasteiger charge is -2.14. The van der Waals surface area contributed by atoms with Crippen molar-refractivity contribution in [1.29, 1.82) is 0 Å². The van der Waals surface area contributed by atoms with E-state index in [9.17, 15) is 18.0 Å². The van der Waals surface area contributed by atoms with Gasteiger partial charge in [-0.05, 0) is 87.1 Å². The monoisotopic (exact) mass is 537 g/mol. The van der Waals surface area contributed by atoms with Gasteiger partial charge in [0.15, 0.2) is 0 Å². The van der Waals surface area contributed by atoms with E-state index in [-0.39, 0.29) is 5.69 Å². The van der Waals surface area contributed by atoms with Crippen molar-refractivity contribution in [2.75, 3.05) is 39.0 Å². The van der Waals surface area contributed by atoms with E-state index in [4.69, 9.17) is 4.74 Å². The summed E-state index contributed by atoms with van der Waals surface area (Å²) in [5, 5.41) is 5.73. The van der Waals surface area contributed by atoms with Gasteiger partial charge in [0.2, 0.25) is 5.91 Å². The van der Waals surface area contributed by atoms with Crippen molar-refractivity contribution in [1.82, 2.24) is 15.2 Å². The topological polar surface area (TPSA) is 78.9 Å². The molecule has 0 saturated carbocycles. The van der Waals surface area contributed by atoms with E-state index in [1.54, 1.807) is 54.7 Å². The van der Waals surface area contributed by atoms with Crippen LogP contribution in [0.1, 0.15) is 28.8 Å². The van der Waals surface area contributed by atoms with Crippen molar-refractivity contribution in [2.24, 2.45) is 4.99 Å². The van der Waals surface area contributed by atoms with Crippen molar-refractivity contribution in [2.45, 2.75) is 19.0 Å². The van der Waals surface area contributed by atoms with Gasteiger partial charge in [-0.2, -0.15) is 13.2 Å². The first-order valence-electron chi connectivity index (χ1n) is 12.5. The van der Waals surface area contributed by atoms with Crippen LogP contribution in [0, 0.1) is 0 Å². The number of amides is 1. The number of aromatic nitrogens is 1. The Bertz CT molecular complexity index is 1370. The summed E-state index contributed by atoms with van der Waals surface area (Å²) in [5.74, 6) is 1.32. The quantitative estimate of drug-likeness (QED) is 0.339. The molecule has 7 nitrogen and oxygen atoms in total. The lowest BCUT2D eigenvalue weighted by atomic mass is 10.0. The molecule has 0 aliphatic carbocycles. The summed E-state index contributed by atoms with van der Waals surface area (Å²) in [6, 6.07) is 14.3. The van der Waals surface area contributed by atoms with Crippen molar-refractivity contribution >= 4 is 23.5 Å². The van der Waals surface area contributed by atoms with E-state index in [0.717, 1.165) is 31.1 Å². The lowest BCUT2D eigenvalue weighted by Crippen LogP contribution is -2.20. The van der Waals surface area contributed by atoms with Gasteiger partial charge in [0.05, 0.1) is 12.1 Å². The Kier molecular flexibility index (Phi) is 8.98. The number of nitrogens with zero attached hydrogens (tertiary/aromatic N) is 3. The fraction of sp³-hybridized carbons (Fsp3) is 0.276. The molecular weight excluding hydrogens is 507 g/mol. The number of pyridine rings is 1. The fourth-order valence-corrected chi connectivity index (χ4v) is 4.02. The van der Waals surface area contributed by atoms with E-state index in [1.807, 2.05) is 19.0 Å². The number of aliphatic imine (C=N–C) groups is 1. The second-order valence-corrected chi connectivity index (χ2v) is 9.35. The number of ether oxygens (including phenoxy) is 1. The number of hydrogen-bond donors (Lipinski definition) is 2. The van der Waals surface area contributed by atoms with E-state index in [2.05, 4.69) is 20.6 Å². The van der Waals surface area contributed by atoms with Crippen LogP contribution < -0.4 is 15.4 Å². The van der Waals surface area contributed by atoms with Gasteiger partial charge in [0.25, 0.3) is 0 Å². The largest absolute Gasteiger partial charge is 0.457 e. The number of hydrogen-bond acceptors (Lipinski definition) is 6. The molecule has 0 atom stereocenters. The van der Waals surface area contributed by atoms with Crippen molar-refractivity contribution in [3.05, 3.63) is 89.3 Å². The Morgan fingerprint density at radius 3 is 2.69 bits per heavy atom. The minimum Gasteiger partial charge on any atom is -0.457 e. The van der Waals surface area contributed by atoms with E-state index < -0.39 is 17.6 Å². The molecule has 4 rings (SSSR count). The number of aryl methyl sites for hydroxylation is 1. The maximum Gasteiger partial charge on any atom is 0.416 e. The molecule has 0 radical (unpaired) electrons. The highest BCUT2D eigenvalue weighted by atomic mass is 19.4. The van der Waals surface area contributed by atoms with Crippen molar-refractivity contribution < 1.29 is 22.7 Å². The highest BCUT2D eigenvalue weighted by Crippen LogP contribution is 2.32. The average molecular weight is 538 g/mol. The standard InChI is InChI=1S/C29H30F3N5O2/c1-37(2)14-4-6-21-15-22(29(30,31)32)18-23(16-21)36-27(38)9-8-20-5-3-7-24(17-20)39-25-10-11-33-26(19-25)28-34-12-13-35-28/h3,5,7-11,15-19H,4,6,12-14H2,1-2H3,(H,34,35)(H,36,38)/b9-8+. The van der Waals surface area contributed by atoms with Gasteiger partial charge in [-0.15, -0.1) is 0 Å². The molecule has 3 aromatic rings. The normalized spacial score (nSPS) is 13.4. The molecule has 0 fully saturated rings. The Morgan fingerprint density at radius 1 is 1.13 bits per heavy atom. The number of nitrogens with one attached hydrogen (secondary N) is 2. The molecule has 2 N–H and O–H groups in total. The highest BCUT2D eigenvalue weighted by Gasteiger charge is 2.31. The molecule has 1 aliphatic heterocycles. The number of anilines is 1. The van der Waals surface area contributed by atoms with Crippen LogP contribution in [0.2, 0.25) is 0 Å². The third-order valence-electron chi connectivity index (χ3n) is 5.83. The first kappa shape index (κ1) is 27.8. The molecule has 10 heteroatoms. The maximum absolute atomic E-state index is 13.4. The fourth-order valence-electron chi connectivity index (χ4n) is 4.02. The number of carbonyl (C=O) groups is 1. The number of alkyl halides is 3. The molecule has 0 unspecified atom stereocenters. The van der Waals surface area contributed by atoms with Crippen molar-refractivity contribution in [3.8, 4) is 11.5 Å². The average Bonchev–Trinajstić information content (AvgIpc) is 3.42. The van der Waals surface area contributed by atoms with Gasteiger partial charge >= 0.3 is 6.18 Å². The number of benzene rings is 2. The molecule has 0 spiro atoms. The summed E-state index contributed by atoms with van der Waals surface area (Å²) in [6.45, 7) is 2.23. The van der Waals surface area contributed by atoms with Gasteiger partial charge in [-0.1, -0.05) is 12.1 Å². The second kappa shape index (κ2) is 12.6. The van der Waals surface area contributed by atoms with Crippen LogP contribution in [0.15, 0.2) is 71.9 Å². The third kappa shape index (κ3) is 8.41. The molecular formula is C29H30F3N5O2. The Hall–Kier alpha value is -4.18. The Morgan fingerprint density at radius 2 is 1.95 bits per heavy atom. The summed E-state index contributed by atoms with van der Waals surface area (Å²) in [5.41, 5.74) is 1.21. The lowest BCUT2D eigenvalue weighted by molar-refractivity contribution is -0.137. The van der Waals surface area contributed by atoms with Gasteiger partial charge in [-0.3, -0.25) is 14.8 Å². The molecule has 1 aromatic heterocycles. The van der Waals surface area contributed by atoms with Crippen LogP contribution in [-0.4, -0.2) is 55.4 Å². The van der Waals surface area contributed by atoms with Crippen LogP contribution >= 0.6 is 0 Å². The van der Waals surface area contributed by atoms with Crippen LogP contribution in [0.5, 0.6) is 11.5 Å². The molecule has 1 amide bonds. The molecule has 1 aliphatic rings. The highest BCUT2D eigenvalue weighted by molar-refractivity contribution is 6.02. The van der Waals surface area contributed by atoms with Crippen molar-refractivity contribution in [3.63, 3.8) is 0 Å². The predicted octanol–water partition coefficient (Wildman–Crippen LogP) is 5.39. The minimum atomic E-state index is -4.51. The van der Waals surface area contributed by atoms with Gasteiger partial charge in [-0.25, -0.2) is 0 Å². The summed E-state index contributed by atoms with van der Waals surface area (Å²) >= 11 is 0. The maximum atomic E-state index is 13.4. The number of rotatable bonds is 10. The van der Waals surface area contributed by atoms with Crippen LogP contribution in [0.4, 0.5) is 18.9 Å². The molecule has 2 heterocycles. The van der Waals surface area contributed by atoms with Crippen LogP contribution in [-0.2, 0) is 17.4 Å². The smallest absolute Gasteiger partial charge is 0.416 e. The first-order chi connectivity index (χ1) is 18.7. The second-order valence-electron chi connectivity index (χ2n) is 9.35. The van der Waals surface area contributed by atoms with Gasteiger partial charge < -0.3 is 20.3 Å². The predicted molar refractivity (Wildman–Crippen MR) is 146 cm³/mol. The molecule has 39 heavy (non-hydrogen) atoms. The zero-order valence-electron chi connectivity index (χ0n) is 21.8. The summed E-state index contributed by atoms with van der Waals surface area (Å²) in [4.78, 5) is 23.2. The number of carbonyl (C=O) groups excluding carboxylic acids is 1. The summed E-state index contributed by atoms with van der Waals surface area (Å²) in [6.07, 6.45) is 1.15. The van der Waals surface area contributed by atoms with Gasteiger partial charge in [0, 0.05) is 30.6 Å². The first-order valence-corrected chi connectivity index (χ1v) is 12.5. The van der Waals surface area contributed by atoms with Crippen LogP contribution in [0.3, 0.4) is 0 Å². The Labute approximate surface area is 225 Å².